The number of ether oxygens (including phenoxy) is 2. The Hall–Kier alpha value is -2.53. The Kier molecular flexibility index (Phi) is 4.80. The maximum atomic E-state index is 11.4. The summed E-state index contributed by atoms with van der Waals surface area (Å²) in [6, 6.07) is 16.6. The van der Waals surface area contributed by atoms with E-state index >= 15 is 0 Å². The van der Waals surface area contributed by atoms with Crippen LogP contribution in [0.15, 0.2) is 48.5 Å². The van der Waals surface area contributed by atoms with Crippen LogP contribution in [0.1, 0.15) is 30.6 Å². The van der Waals surface area contributed by atoms with Gasteiger partial charge in [-0.1, -0.05) is 36.4 Å². The van der Waals surface area contributed by atoms with E-state index in [-0.39, 0.29) is 12.0 Å². The van der Waals surface area contributed by atoms with Crippen LogP contribution in [0.3, 0.4) is 0 Å². The summed E-state index contributed by atoms with van der Waals surface area (Å²) in [5.41, 5.74) is 2.35. The molecular weight excluding hydrogens is 328 g/mol. The molecule has 1 saturated heterocycles. The third-order valence-corrected chi connectivity index (χ3v) is 5.09. The minimum atomic E-state index is -0.0779. The SMILES string of the molecule is CC(=O)N1CC[C@H](NCc2ccc([C@H]3COc4ccccc4O3)cc2)C1. The fourth-order valence-electron chi connectivity index (χ4n) is 3.51. The van der Waals surface area contributed by atoms with Gasteiger partial charge in [0.1, 0.15) is 6.61 Å². The van der Waals surface area contributed by atoms with Crippen LogP contribution >= 0.6 is 0 Å². The third kappa shape index (κ3) is 3.68. The molecule has 2 aromatic carbocycles. The highest BCUT2D eigenvalue weighted by atomic mass is 16.6. The van der Waals surface area contributed by atoms with Crippen molar-refractivity contribution in [3.05, 3.63) is 59.7 Å². The van der Waals surface area contributed by atoms with E-state index in [0.717, 1.165) is 43.1 Å². The number of hydrogen-bond acceptors (Lipinski definition) is 4. The van der Waals surface area contributed by atoms with Gasteiger partial charge in [0.2, 0.25) is 5.91 Å². The number of carbonyl (C=O) groups excluding carboxylic acids is 1. The zero-order chi connectivity index (χ0) is 17.9. The molecule has 2 aliphatic heterocycles. The average molecular weight is 352 g/mol. The first kappa shape index (κ1) is 16.9. The number of fused-ring (bicyclic) bond motifs is 1. The van der Waals surface area contributed by atoms with Crippen LogP contribution in [0.2, 0.25) is 0 Å². The molecular formula is C21H24N2O3. The van der Waals surface area contributed by atoms with Crippen molar-refractivity contribution in [1.82, 2.24) is 10.2 Å². The molecule has 136 valence electrons. The van der Waals surface area contributed by atoms with Crippen LogP contribution in [0.5, 0.6) is 11.5 Å². The van der Waals surface area contributed by atoms with E-state index in [0.29, 0.717) is 12.6 Å². The number of hydrogen-bond donors (Lipinski definition) is 1. The van der Waals surface area contributed by atoms with Gasteiger partial charge in [-0.05, 0) is 29.7 Å². The average Bonchev–Trinajstić information content (AvgIpc) is 3.16. The number of benzene rings is 2. The molecule has 2 atom stereocenters. The molecule has 2 aromatic rings. The zero-order valence-corrected chi connectivity index (χ0v) is 15.0. The third-order valence-electron chi connectivity index (χ3n) is 5.09. The van der Waals surface area contributed by atoms with E-state index in [9.17, 15) is 4.79 Å². The summed E-state index contributed by atoms with van der Waals surface area (Å²) in [7, 11) is 0. The van der Waals surface area contributed by atoms with E-state index in [4.69, 9.17) is 9.47 Å². The largest absolute Gasteiger partial charge is 0.485 e. The second-order valence-corrected chi connectivity index (χ2v) is 6.94. The lowest BCUT2D eigenvalue weighted by molar-refractivity contribution is -0.127. The number of rotatable bonds is 4. The highest BCUT2D eigenvalue weighted by molar-refractivity contribution is 5.73. The van der Waals surface area contributed by atoms with Crippen molar-refractivity contribution in [3.63, 3.8) is 0 Å². The molecule has 1 N–H and O–H groups in total. The lowest BCUT2D eigenvalue weighted by atomic mass is 10.1. The lowest BCUT2D eigenvalue weighted by Crippen LogP contribution is -2.33. The number of amides is 1. The molecule has 0 radical (unpaired) electrons. The maximum Gasteiger partial charge on any atom is 0.219 e. The van der Waals surface area contributed by atoms with E-state index in [1.807, 2.05) is 29.2 Å². The number of carbonyl (C=O) groups is 1. The molecule has 0 saturated carbocycles. The summed E-state index contributed by atoms with van der Waals surface area (Å²) in [5.74, 6) is 1.77. The monoisotopic (exact) mass is 352 g/mol. The first-order valence-electron chi connectivity index (χ1n) is 9.15. The Morgan fingerprint density at radius 2 is 1.92 bits per heavy atom. The molecule has 0 unspecified atom stereocenters. The molecule has 1 amide bonds. The fourth-order valence-corrected chi connectivity index (χ4v) is 3.51. The summed E-state index contributed by atoms with van der Waals surface area (Å²) in [4.78, 5) is 13.3. The minimum absolute atomic E-state index is 0.0779. The Labute approximate surface area is 153 Å². The van der Waals surface area contributed by atoms with E-state index in [1.165, 1.54) is 5.56 Å². The summed E-state index contributed by atoms with van der Waals surface area (Å²) in [6.07, 6.45) is 0.940. The van der Waals surface area contributed by atoms with E-state index in [2.05, 4.69) is 29.6 Å². The molecule has 2 aliphatic rings. The van der Waals surface area contributed by atoms with Gasteiger partial charge >= 0.3 is 0 Å². The highest BCUT2D eigenvalue weighted by Crippen LogP contribution is 2.35. The number of nitrogens with one attached hydrogen (secondary N) is 1. The van der Waals surface area contributed by atoms with Gasteiger partial charge in [-0.3, -0.25) is 4.79 Å². The van der Waals surface area contributed by atoms with Gasteiger partial charge in [-0.25, -0.2) is 0 Å². The zero-order valence-electron chi connectivity index (χ0n) is 15.0. The van der Waals surface area contributed by atoms with Crippen molar-refractivity contribution >= 4 is 5.91 Å². The minimum Gasteiger partial charge on any atom is -0.485 e. The highest BCUT2D eigenvalue weighted by Gasteiger charge is 2.24. The number of nitrogens with zero attached hydrogens (tertiary/aromatic N) is 1. The summed E-state index contributed by atoms with van der Waals surface area (Å²) >= 11 is 0. The standard InChI is InChI=1S/C21H24N2O3/c1-15(24)23-11-10-18(13-23)22-12-16-6-8-17(9-7-16)21-14-25-19-4-2-3-5-20(19)26-21/h2-9,18,21-22H,10-14H2,1H3/t18-,21+/m0/s1. The topological polar surface area (TPSA) is 50.8 Å². The Balaban J connectivity index is 1.32. The smallest absolute Gasteiger partial charge is 0.219 e. The van der Waals surface area contributed by atoms with Crippen LogP contribution in [0.25, 0.3) is 0 Å². The van der Waals surface area contributed by atoms with E-state index in [1.54, 1.807) is 6.92 Å². The van der Waals surface area contributed by atoms with Gasteiger partial charge in [0.15, 0.2) is 17.6 Å². The molecule has 26 heavy (non-hydrogen) atoms. The van der Waals surface area contributed by atoms with Gasteiger partial charge in [0.05, 0.1) is 0 Å². The van der Waals surface area contributed by atoms with Crippen molar-refractivity contribution in [2.24, 2.45) is 0 Å². The van der Waals surface area contributed by atoms with Gasteiger partial charge < -0.3 is 19.7 Å². The van der Waals surface area contributed by atoms with Crippen molar-refractivity contribution < 1.29 is 14.3 Å². The summed E-state index contributed by atoms with van der Waals surface area (Å²) in [5, 5.41) is 3.54. The molecule has 0 spiro atoms. The van der Waals surface area contributed by atoms with Crippen LogP contribution in [-0.4, -0.2) is 36.5 Å². The van der Waals surface area contributed by atoms with Gasteiger partial charge in [0.25, 0.3) is 0 Å². The molecule has 4 rings (SSSR count). The molecule has 5 heteroatoms. The number of likely N-dealkylation sites (tertiary alicyclic amines) is 1. The van der Waals surface area contributed by atoms with Gasteiger partial charge in [-0.15, -0.1) is 0 Å². The fraction of sp³-hybridized carbons (Fsp3) is 0.381. The molecule has 0 bridgehead atoms. The van der Waals surface area contributed by atoms with Crippen LogP contribution in [0.4, 0.5) is 0 Å². The second-order valence-electron chi connectivity index (χ2n) is 6.94. The first-order chi connectivity index (χ1) is 12.7. The Morgan fingerprint density at radius 1 is 1.15 bits per heavy atom. The normalized spacial score (nSPS) is 21.7. The van der Waals surface area contributed by atoms with Crippen LogP contribution in [0, 0.1) is 0 Å². The van der Waals surface area contributed by atoms with Crippen molar-refractivity contribution in [2.75, 3.05) is 19.7 Å². The summed E-state index contributed by atoms with van der Waals surface area (Å²) in [6.45, 7) is 4.63. The Bertz CT molecular complexity index is 775. The van der Waals surface area contributed by atoms with Crippen LogP contribution in [-0.2, 0) is 11.3 Å². The quantitative estimate of drug-likeness (QED) is 0.919. The lowest BCUT2D eigenvalue weighted by Gasteiger charge is -2.26. The Morgan fingerprint density at radius 3 is 2.65 bits per heavy atom. The molecule has 0 aromatic heterocycles. The van der Waals surface area contributed by atoms with Crippen molar-refractivity contribution in [3.8, 4) is 11.5 Å². The van der Waals surface area contributed by atoms with Crippen molar-refractivity contribution in [1.29, 1.82) is 0 Å². The molecule has 1 fully saturated rings. The van der Waals surface area contributed by atoms with E-state index < -0.39 is 0 Å². The predicted octanol–water partition coefficient (Wildman–Crippen LogP) is 2.91. The number of para-hydroxylation sites is 2. The molecule has 0 aliphatic carbocycles. The second kappa shape index (κ2) is 7.38. The maximum absolute atomic E-state index is 11.4. The van der Waals surface area contributed by atoms with Gasteiger partial charge in [0, 0.05) is 32.6 Å². The van der Waals surface area contributed by atoms with Crippen LogP contribution < -0.4 is 14.8 Å². The molecule has 5 nitrogen and oxygen atoms in total. The van der Waals surface area contributed by atoms with Gasteiger partial charge in [-0.2, -0.15) is 0 Å². The predicted molar refractivity (Wildman–Crippen MR) is 99.2 cm³/mol. The molecule has 2 heterocycles. The first-order valence-corrected chi connectivity index (χ1v) is 9.15. The van der Waals surface area contributed by atoms with Crippen molar-refractivity contribution in [2.45, 2.75) is 32.0 Å². The summed E-state index contributed by atoms with van der Waals surface area (Å²) < 4.78 is 11.9.